The highest BCUT2D eigenvalue weighted by Gasteiger charge is 2.26. The van der Waals surface area contributed by atoms with Crippen LogP contribution in [0.15, 0.2) is 36.5 Å². The van der Waals surface area contributed by atoms with E-state index in [9.17, 15) is 19.4 Å². The molecule has 0 amide bonds. The summed E-state index contributed by atoms with van der Waals surface area (Å²) in [4.78, 5) is 22.5. The van der Waals surface area contributed by atoms with E-state index < -0.39 is 39.2 Å². The second kappa shape index (κ2) is 37.4. The topological polar surface area (TPSA) is 132 Å². The van der Waals surface area contributed by atoms with Crippen LogP contribution >= 0.6 is 7.82 Å². The molecule has 0 aromatic heterocycles. The molecule has 0 aromatic rings. The zero-order valence-electron chi connectivity index (χ0n) is 31.9. The number of allylic oxidation sites excluding steroid dienone is 6. The molecule has 9 nitrogen and oxygen atoms in total. The predicted molar refractivity (Wildman–Crippen MR) is 205 cm³/mol. The number of phosphoric acid groups is 1. The summed E-state index contributed by atoms with van der Waals surface area (Å²) >= 11 is 0. The van der Waals surface area contributed by atoms with Crippen molar-refractivity contribution in [3.05, 3.63) is 36.5 Å². The lowest BCUT2D eigenvalue weighted by Crippen LogP contribution is -2.29. The minimum atomic E-state index is -4.51. The van der Waals surface area contributed by atoms with Crippen LogP contribution < -0.4 is 0 Å². The quantitative estimate of drug-likeness (QED) is 0.0246. The molecule has 0 radical (unpaired) electrons. The van der Waals surface area contributed by atoms with Crippen molar-refractivity contribution in [2.45, 2.75) is 180 Å². The fraction of sp³-hybridized carbons (Fsp3) is 0.825. The van der Waals surface area contributed by atoms with Crippen molar-refractivity contribution < 1.29 is 43.0 Å². The third kappa shape index (κ3) is 36.5. The Labute approximate surface area is 305 Å². The highest BCUT2D eigenvalue weighted by Crippen LogP contribution is 2.43. The summed E-state index contributed by atoms with van der Waals surface area (Å²) in [5.74, 6) is -0.396. The van der Waals surface area contributed by atoms with Gasteiger partial charge in [0.05, 0.1) is 26.4 Å². The molecule has 0 aliphatic rings. The molecule has 0 saturated heterocycles. The summed E-state index contributed by atoms with van der Waals surface area (Å²) in [5, 5.41) is 18.3. The molecule has 0 aliphatic heterocycles. The summed E-state index contributed by atoms with van der Waals surface area (Å²) in [7, 11) is -4.51. The van der Waals surface area contributed by atoms with Crippen LogP contribution in [0.1, 0.15) is 168 Å². The number of aliphatic hydroxyl groups is 2. The first-order valence-electron chi connectivity index (χ1n) is 20.0. The van der Waals surface area contributed by atoms with Crippen molar-refractivity contribution in [3.8, 4) is 0 Å². The number of ether oxygens (including phenoxy) is 2. The van der Waals surface area contributed by atoms with E-state index in [1.807, 2.05) is 0 Å². The number of aliphatic hydroxyl groups excluding tert-OH is 2. The Morgan fingerprint density at radius 3 is 1.66 bits per heavy atom. The molecular weight excluding hydrogens is 655 g/mol. The molecule has 3 atom stereocenters. The molecule has 50 heavy (non-hydrogen) atoms. The minimum absolute atomic E-state index is 0.0453. The number of esters is 1. The third-order valence-electron chi connectivity index (χ3n) is 8.33. The molecule has 0 heterocycles. The van der Waals surface area contributed by atoms with E-state index in [2.05, 4.69) is 50.3 Å². The maximum Gasteiger partial charge on any atom is 0.472 e. The minimum Gasteiger partial charge on any atom is -0.457 e. The first-order chi connectivity index (χ1) is 24.3. The van der Waals surface area contributed by atoms with Crippen molar-refractivity contribution >= 4 is 13.8 Å². The van der Waals surface area contributed by atoms with Crippen LogP contribution in [0.5, 0.6) is 0 Å². The summed E-state index contributed by atoms with van der Waals surface area (Å²) in [5.41, 5.74) is 0. The highest BCUT2D eigenvalue weighted by atomic mass is 31.2. The predicted octanol–water partition coefficient (Wildman–Crippen LogP) is 10.5. The van der Waals surface area contributed by atoms with E-state index in [4.69, 9.17) is 23.6 Å². The van der Waals surface area contributed by atoms with E-state index in [1.54, 1.807) is 0 Å². The molecule has 0 fully saturated rings. The lowest BCUT2D eigenvalue weighted by Gasteiger charge is -2.20. The molecule has 3 N–H and O–H groups in total. The maximum atomic E-state index is 12.6. The zero-order chi connectivity index (χ0) is 36.8. The van der Waals surface area contributed by atoms with Gasteiger partial charge < -0.3 is 24.6 Å². The summed E-state index contributed by atoms with van der Waals surface area (Å²) in [6, 6.07) is 0. The van der Waals surface area contributed by atoms with Crippen molar-refractivity contribution in [3.63, 3.8) is 0 Å². The lowest BCUT2D eigenvalue weighted by atomic mass is 10.1. The Hall–Kier alpha value is -1.32. The van der Waals surface area contributed by atoms with Gasteiger partial charge in [-0.3, -0.25) is 13.8 Å². The number of hydrogen-bond donors (Lipinski definition) is 3. The fourth-order valence-corrected chi connectivity index (χ4v) is 6.03. The lowest BCUT2D eigenvalue weighted by molar-refractivity contribution is -0.154. The SMILES string of the molecule is CCCCC/C=C\C/C=C\C/C=C\CCCCCCCCC(=O)OC(COCCCCCCCCCCCC)COP(=O)(O)OCC(O)CO. The molecule has 10 heteroatoms. The van der Waals surface area contributed by atoms with Gasteiger partial charge in [-0.25, -0.2) is 4.57 Å². The van der Waals surface area contributed by atoms with Crippen LogP contribution in [0.4, 0.5) is 0 Å². The molecule has 0 rings (SSSR count). The van der Waals surface area contributed by atoms with Crippen LogP contribution in [0, 0.1) is 0 Å². The van der Waals surface area contributed by atoms with Gasteiger partial charge in [0.2, 0.25) is 0 Å². The van der Waals surface area contributed by atoms with E-state index in [1.165, 1.54) is 83.5 Å². The first kappa shape index (κ1) is 48.7. The van der Waals surface area contributed by atoms with Gasteiger partial charge in [-0.2, -0.15) is 0 Å². The Balaban J connectivity index is 4.20. The van der Waals surface area contributed by atoms with Crippen LogP contribution in [0.2, 0.25) is 0 Å². The number of carbonyl (C=O) groups is 1. The van der Waals surface area contributed by atoms with E-state index in [-0.39, 0.29) is 19.6 Å². The molecule has 0 aliphatic carbocycles. The molecular formula is C40H75O9P. The van der Waals surface area contributed by atoms with Gasteiger partial charge >= 0.3 is 13.8 Å². The Kier molecular flexibility index (Phi) is 36.4. The number of rotatable bonds is 38. The van der Waals surface area contributed by atoms with Crippen LogP contribution in [0.3, 0.4) is 0 Å². The normalized spacial score (nSPS) is 14.6. The number of carbonyl (C=O) groups excluding carboxylic acids is 1. The standard InChI is InChI=1S/C40H75O9P/c1-3-5-7-9-11-13-15-16-17-18-19-20-21-22-23-24-26-28-30-32-40(43)49-39(37-48-50(44,45)47-35-38(42)34-41)36-46-33-31-29-27-25-14-12-10-8-6-4-2/h11,13,16-17,19-20,38-39,41-42H,3-10,12,14-15,18,21-37H2,1-2H3,(H,44,45)/b13-11-,17-16-,20-19-. The van der Waals surface area contributed by atoms with E-state index in [0.29, 0.717) is 13.0 Å². The number of hydrogen-bond acceptors (Lipinski definition) is 8. The monoisotopic (exact) mass is 731 g/mol. The third-order valence-corrected chi connectivity index (χ3v) is 9.28. The Morgan fingerprint density at radius 1 is 0.620 bits per heavy atom. The van der Waals surface area contributed by atoms with Crippen molar-refractivity contribution in [1.29, 1.82) is 0 Å². The van der Waals surface area contributed by atoms with Gasteiger partial charge in [-0.15, -0.1) is 0 Å². The average Bonchev–Trinajstić information content (AvgIpc) is 3.10. The van der Waals surface area contributed by atoms with Gasteiger partial charge in [0.25, 0.3) is 0 Å². The van der Waals surface area contributed by atoms with Crippen molar-refractivity contribution in [1.82, 2.24) is 0 Å². The van der Waals surface area contributed by atoms with Gasteiger partial charge in [0.1, 0.15) is 12.2 Å². The van der Waals surface area contributed by atoms with E-state index in [0.717, 1.165) is 57.8 Å². The highest BCUT2D eigenvalue weighted by molar-refractivity contribution is 7.47. The molecule has 3 unspecified atom stereocenters. The fourth-order valence-electron chi connectivity index (χ4n) is 5.24. The van der Waals surface area contributed by atoms with Gasteiger partial charge in [-0.1, -0.05) is 147 Å². The number of unbranched alkanes of at least 4 members (excludes halogenated alkanes) is 18. The van der Waals surface area contributed by atoms with E-state index >= 15 is 0 Å². The second-order valence-corrected chi connectivity index (χ2v) is 14.8. The summed E-state index contributed by atoms with van der Waals surface area (Å²) < 4.78 is 33.2. The molecule has 0 aromatic carbocycles. The largest absolute Gasteiger partial charge is 0.472 e. The second-order valence-electron chi connectivity index (χ2n) is 13.3. The van der Waals surface area contributed by atoms with Crippen molar-refractivity contribution in [2.75, 3.05) is 33.0 Å². The molecule has 0 bridgehead atoms. The Bertz CT molecular complexity index is 877. The van der Waals surface area contributed by atoms with Crippen LogP contribution in [0.25, 0.3) is 0 Å². The smallest absolute Gasteiger partial charge is 0.457 e. The van der Waals surface area contributed by atoms with Gasteiger partial charge in [0.15, 0.2) is 0 Å². The summed E-state index contributed by atoms with van der Waals surface area (Å²) in [6.07, 6.45) is 38.1. The van der Waals surface area contributed by atoms with Gasteiger partial charge in [-0.05, 0) is 51.4 Å². The summed E-state index contributed by atoms with van der Waals surface area (Å²) in [6.45, 7) is 3.46. The average molecular weight is 731 g/mol. The van der Waals surface area contributed by atoms with Gasteiger partial charge in [0, 0.05) is 13.0 Å². The number of phosphoric ester groups is 1. The van der Waals surface area contributed by atoms with Crippen LogP contribution in [-0.2, 0) is 27.9 Å². The van der Waals surface area contributed by atoms with Crippen LogP contribution in [-0.4, -0.2) is 66.3 Å². The maximum absolute atomic E-state index is 12.6. The zero-order valence-corrected chi connectivity index (χ0v) is 32.8. The van der Waals surface area contributed by atoms with Crippen molar-refractivity contribution in [2.24, 2.45) is 0 Å². The Morgan fingerprint density at radius 2 is 1.08 bits per heavy atom. The molecule has 0 spiro atoms. The molecule has 0 saturated carbocycles. The molecule has 294 valence electrons. The first-order valence-corrected chi connectivity index (χ1v) is 21.5.